The van der Waals surface area contributed by atoms with Gasteiger partial charge in [0.25, 0.3) is 0 Å². The molecule has 3 bridgehead atoms. The molecule has 5 saturated carbocycles. The lowest BCUT2D eigenvalue weighted by Gasteiger charge is -2.29. The zero-order valence-electron chi connectivity index (χ0n) is 9.36. The minimum Gasteiger partial charge on any atom is -0.469 e. The lowest BCUT2D eigenvalue weighted by Crippen LogP contribution is -2.41. The molecular formula is C12H14O4. The first-order valence-corrected chi connectivity index (χ1v) is 5.82. The zero-order valence-corrected chi connectivity index (χ0v) is 9.36. The molecule has 0 radical (unpaired) electrons. The van der Waals surface area contributed by atoms with Crippen LogP contribution in [-0.2, 0) is 19.1 Å². The number of methoxy groups -OCH3 is 2. The van der Waals surface area contributed by atoms with Crippen LogP contribution in [0.1, 0.15) is 12.8 Å². The molecule has 86 valence electrons. The Balaban J connectivity index is 1.85. The van der Waals surface area contributed by atoms with Crippen molar-refractivity contribution in [2.75, 3.05) is 14.2 Å². The van der Waals surface area contributed by atoms with E-state index >= 15 is 0 Å². The van der Waals surface area contributed by atoms with Gasteiger partial charge in [-0.15, -0.1) is 0 Å². The van der Waals surface area contributed by atoms with E-state index in [0.29, 0.717) is 23.7 Å². The summed E-state index contributed by atoms with van der Waals surface area (Å²) in [7, 11) is 2.84. The van der Waals surface area contributed by atoms with Crippen molar-refractivity contribution >= 4 is 11.9 Å². The molecule has 4 nitrogen and oxygen atoms in total. The number of hydrogen-bond acceptors (Lipinski definition) is 4. The van der Waals surface area contributed by atoms with Gasteiger partial charge in [-0.3, -0.25) is 9.59 Å². The van der Waals surface area contributed by atoms with Crippen LogP contribution in [-0.4, -0.2) is 26.2 Å². The minimum atomic E-state index is -0.528. The Labute approximate surface area is 93.3 Å². The Morgan fingerprint density at radius 1 is 1.00 bits per heavy atom. The fourth-order valence-electron chi connectivity index (χ4n) is 5.63. The number of esters is 2. The second kappa shape index (κ2) is 2.15. The monoisotopic (exact) mass is 222 g/mol. The third-order valence-corrected chi connectivity index (χ3v) is 5.86. The number of carbonyl (C=O) groups is 2. The van der Waals surface area contributed by atoms with Gasteiger partial charge in [-0.05, 0) is 36.5 Å². The standard InChI is InChI=1S/C12H14O4/c1-15-9(13)11-3-5-6(4-11)8-7(5)12(8,11)10(14)16-2/h5-8H,3-4H2,1-2H3. The van der Waals surface area contributed by atoms with Gasteiger partial charge in [-0.25, -0.2) is 0 Å². The van der Waals surface area contributed by atoms with Crippen molar-refractivity contribution in [1.29, 1.82) is 0 Å². The number of carbonyl (C=O) groups excluding carboxylic acids is 2. The van der Waals surface area contributed by atoms with Gasteiger partial charge in [0.1, 0.15) is 0 Å². The summed E-state index contributed by atoms with van der Waals surface area (Å²) in [6.45, 7) is 0. The second-order valence-electron chi connectivity index (χ2n) is 5.72. The van der Waals surface area contributed by atoms with Gasteiger partial charge in [-0.2, -0.15) is 0 Å². The van der Waals surface area contributed by atoms with E-state index in [0.717, 1.165) is 12.8 Å². The van der Waals surface area contributed by atoms with E-state index < -0.39 is 10.8 Å². The largest absolute Gasteiger partial charge is 0.469 e. The van der Waals surface area contributed by atoms with Gasteiger partial charge >= 0.3 is 11.9 Å². The van der Waals surface area contributed by atoms with Crippen molar-refractivity contribution in [2.45, 2.75) is 12.8 Å². The average Bonchev–Trinajstić information content (AvgIpc) is 2.55. The van der Waals surface area contributed by atoms with Crippen molar-refractivity contribution in [3.63, 3.8) is 0 Å². The van der Waals surface area contributed by atoms with Crippen LogP contribution in [0.4, 0.5) is 0 Å². The fraction of sp³-hybridized carbons (Fsp3) is 0.833. The Kier molecular flexibility index (Phi) is 1.21. The van der Waals surface area contributed by atoms with Crippen molar-refractivity contribution in [3.05, 3.63) is 0 Å². The van der Waals surface area contributed by atoms with Crippen LogP contribution in [0.5, 0.6) is 0 Å². The zero-order chi connectivity index (χ0) is 11.3. The quantitative estimate of drug-likeness (QED) is 0.642. The first-order valence-electron chi connectivity index (χ1n) is 5.82. The number of hydrogen-bond donors (Lipinski definition) is 0. The Morgan fingerprint density at radius 3 is 1.94 bits per heavy atom. The van der Waals surface area contributed by atoms with Crippen LogP contribution < -0.4 is 0 Å². The van der Waals surface area contributed by atoms with Gasteiger partial charge in [0.05, 0.1) is 25.0 Å². The summed E-state index contributed by atoms with van der Waals surface area (Å²) in [5.74, 6) is 1.67. The summed E-state index contributed by atoms with van der Waals surface area (Å²) >= 11 is 0. The van der Waals surface area contributed by atoms with Gasteiger partial charge in [-0.1, -0.05) is 0 Å². The molecule has 0 saturated heterocycles. The predicted octanol–water partition coefficient (Wildman–Crippen LogP) is 0.605. The lowest BCUT2D eigenvalue weighted by atomic mass is 9.74. The predicted molar refractivity (Wildman–Crippen MR) is 52.1 cm³/mol. The Morgan fingerprint density at radius 2 is 1.50 bits per heavy atom. The normalized spacial score (nSPS) is 57.9. The molecule has 4 heteroatoms. The Bertz CT molecular complexity index is 393. The van der Waals surface area contributed by atoms with Gasteiger partial charge in [0, 0.05) is 0 Å². The van der Waals surface area contributed by atoms with Crippen molar-refractivity contribution in [2.24, 2.45) is 34.5 Å². The molecule has 0 amide bonds. The van der Waals surface area contributed by atoms with Crippen LogP contribution in [0.3, 0.4) is 0 Å². The third-order valence-electron chi connectivity index (χ3n) is 5.86. The summed E-state index contributed by atoms with van der Waals surface area (Å²) in [6, 6.07) is 0. The molecule has 0 aliphatic heterocycles. The molecule has 0 N–H and O–H groups in total. The summed E-state index contributed by atoms with van der Waals surface area (Å²) in [5.41, 5.74) is -1.01. The highest BCUT2D eigenvalue weighted by Gasteiger charge is 2.99. The molecule has 5 rings (SSSR count). The molecule has 0 aromatic carbocycles. The number of rotatable bonds is 2. The van der Waals surface area contributed by atoms with Gasteiger partial charge in [0.15, 0.2) is 0 Å². The van der Waals surface area contributed by atoms with E-state index in [1.54, 1.807) is 0 Å². The van der Waals surface area contributed by atoms with E-state index in [1.807, 2.05) is 0 Å². The highest BCUT2D eigenvalue weighted by molar-refractivity contribution is 5.96. The molecule has 0 aromatic heterocycles. The average molecular weight is 222 g/mol. The smallest absolute Gasteiger partial charge is 0.313 e. The summed E-state index contributed by atoms with van der Waals surface area (Å²) in [5, 5.41) is 0. The van der Waals surface area contributed by atoms with E-state index in [-0.39, 0.29) is 11.9 Å². The van der Waals surface area contributed by atoms with Crippen LogP contribution in [0, 0.1) is 34.5 Å². The maximum atomic E-state index is 12.0. The van der Waals surface area contributed by atoms with E-state index in [9.17, 15) is 9.59 Å². The van der Waals surface area contributed by atoms with Gasteiger partial charge in [0.2, 0.25) is 0 Å². The van der Waals surface area contributed by atoms with Crippen molar-refractivity contribution in [1.82, 2.24) is 0 Å². The first-order chi connectivity index (χ1) is 7.65. The lowest BCUT2D eigenvalue weighted by molar-refractivity contribution is -0.167. The molecule has 16 heavy (non-hydrogen) atoms. The van der Waals surface area contributed by atoms with E-state index in [2.05, 4.69) is 0 Å². The molecule has 5 aliphatic carbocycles. The third kappa shape index (κ3) is 0.513. The molecular weight excluding hydrogens is 208 g/mol. The molecule has 5 fully saturated rings. The maximum absolute atomic E-state index is 12.0. The van der Waals surface area contributed by atoms with Crippen LogP contribution in [0.15, 0.2) is 0 Å². The van der Waals surface area contributed by atoms with E-state index in [1.165, 1.54) is 14.2 Å². The van der Waals surface area contributed by atoms with Crippen LogP contribution >= 0.6 is 0 Å². The van der Waals surface area contributed by atoms with Crippen molar-refractivity contribution < 1.29 is 19.1 Å². The molecule has 0 aromatic rings. The highest BCUT2D eigenvalue weighted by Crippen LogP contribution is 2.96. The maximum Gasteiger partial charge on any atom is 0.313 e. The summed E-state index contributed by atoms with van der Waals surface area (Å²) < 4.78 is 9.88. The summed E-state index contributed by atoms with van der Waals surface area (Å²) in [6.07, 6.45) is 1.70. The molecule has 5 aliphatic rings. The topological polar surface area (TPSA) is 52.6 Å². The second-order valence-corrected chi connectivity index (χ2v) is 5.72. The van der Waals surface area contributed by atoms with Crippen LogP contribution in [0.2, 0.25) is 0 Å². The van der Waals surface area contributed by atoms with Gasteiger partial charge < -0.3 is 9.47 Å². The summed E-state index contributed by atoms with van der Waals surface area (Å²) in [4.78, 5) is 24.1. The highest BCUT2D eigenvalue weighted by atomic mass is 16.5. The molecule has 4 atom stereocenters. The van der Waals surface area contributed by atoms with E-state index in [4.69, 9.17) is 9.47 Å². The molecule has 0 spiro atoms. The Hall–Kier alpha value is -1.06. The number of ether oxygens (including phenoxy) is 2. The SMILES string of the molecule is COC(=O)C12CC3C(C1)C1C3C12C(=O)OC. The fourth-order valence-corrected chi connectivity index (χ4v) is 5.63. The minimum absolute atomic E-state index is 0.171. The molecule has 4 unspecified atom stereocenters. The van der Waals surface area contributed by atoms with Crippen molar-refractivity contribution in [3.8, 4) is 0 Å². The first kappa shape index (κ1) is 9.02. The van der Waals surface area contributed by atoms with Crippen LogP contribution in [0.25, 0.3) is 0 Å². The molecule has 0 heterocycles.